The maximum Gasteiger partial charge on any atom is 0.344 e. The molecule has 1 aliphatic rings. The number of hydrogen-bond donors (Lipinski definition) is 0. The fourth-order valence-electron chi connectivity index (χ4n) is 2.86. The van der Waals surface area contributed by atoms with Gasteiger partial charge in [-0.1, -0.05) is 28.6 Å². The number of ketones is 1. The van der Waals surface area contributed by atoms with E-state index in [0.29, 0.717) is 33.9 Å². The summed E-state index contributed by atoms with van der Waals surface area (Å²) in [4.78, 5) is 24.4. The van der Waals surface area contributed by atoms with Crippen molar-refractivity contribution in [3.8, 4) is 17.2 Å². The van der Waals surface area contributed by atoms with Gasteiger partial charge in [0.1, 0.15) is 23.9 Å². The molecule has 0 unspecified atom stereocenters. The molecule has 6 nitrogen and oxygen atoms in total. The molecular weight excluding hydrogens is 440 g/mol. The van der Waals surface area contributed by atoms with Crippen molar-refractivity contribution < 1.29 is 28.5 Å². The first-order valence-electron chi connectivity index (χ1n) is 8.74. The number of Topliss-reactive ketones (excluding diaryl/α,β-unsaturated/α-hetero) is 1. The molecule has 1 heterocycles. The molecule has 0 saturated carbocycles. The number of rotatable bonds is 7. The fourth-order valence-corrected chi connectivity index (χ4v) is 3.23. The number of methoxy groups -OCH3 is 1. The highest BCUT2D eigenvalue weighted by Crippen LogP contribution is 2.38. The number of benzene rings is 2. The predicted molar refractivity (Wildman–Crippen MR) is 111 cm³/mol. The molecule has 0 N–H and O–H groups in total. The lowest BCUT2D eigenvalue weighted by molar-refractivity contribution is -0.144. The van der Waals surface area contributed by atoms with E-state index in [1.165, 1.54) is 6.08 Å². The standard InChI is InChI=1S/C22H19BrO6/c1-4-7-27-20(24)12-28-16-8-13(2)21-18(11-16)29-19(22(21)25)10-14-9-15(23)5-6-17(14)26-3/h4-6,8-11H,1,7,12H2,2-3H3/b19-10-. The van der Waals surface area contributed by atoms with Gasteiger partial charge in [-0.3, -0.25) is 4.79 Å². The zero-order valence-corrected chi connectivity index (χ0v) is 17.6. The Morgan fingerprint density at radius 1 is 1.28 bits per heavy atom. The van der Waals surface area contributed by atoms with Gasteiger partial charge in [-0.2, -0.15) is 0 Å². The average molecular weight is 459 g/mol. The molecular formula is C22H19BrO6. The van der Waals surface area contributed by atoms with Gasteiger partial charge in [-0.05, 0) is 42.8 Å². The van der Waals surface area contributed by atoms with Gasteiger partial charge in [0.25, 0.3) is 0 Å². The SMILES string of the molecule is C=CCOC(=O)COc1cc(C)c2c(c1)O/C(=C\c1cc(Br)ccc1OC)C2=O. The second kappa shape index (κ2) is 8.96. The second-order valence-electron chi connectivity index (χ2n) is 6.20. The topological polar surface area (TPSA) is 71.1 Å². The molecule has 7 heteroatoms. The Labute approximate surface area is 176 Å². The monoisotopic (exact) mass is 458 g/mol. The van der Waals surface area contributed by atoms with E-state index in [1.54, 1.807) is 38.3 Å². The van der Waals surface area contributed by atoms with Gasteiger partial charge < -0.3 is 18.9 Å². The number of allylic oxidation sites excluding steroid dienone is 1. The molecule has 2 aromatic rings. The lowest BCUT2D eigenvalue weighted by Gasteiger charge is -2.08. The van der Waals surface area contributed by atoms with Gasteiger partial charge in [-0.25, -0.2) is 4.79 Å². The number of hydrogen-bond acceptors (Lipinski definition) is 6. The summed E-state index contributed by atoms with van der Waals surface area (Å²) in [5.41, 5.74) is 1.86. The summed E-state index contributed by atoms with van der Waals surface area (Å²) < 4.78 is 22.3. The molecule has 0 bridgehead atoms. The van der Waals surface area contributed by atoms with Crippen molar-refractivity contribution in [2.24, 2.45) is 0 Å². The highest BCUT2D eigenvalue weighted by molar-refractivity contribution is 9.10. The van der Waals surface area contributed by atoms with Crippen LogP contribution in [0.25, 0.3) is 6.08 Å². The fraction of sp³-hybridized carbons (Fsp3) is 0.182. The molecule has 150 valence electrons. The minimum absolute atomic E-state index is 0.121. The van der Waals surface area contributed by atoms with Gasteiger partial charge in [0.15, 0.2) is 12.4 Å². The van der Waals surface area contributed by atoms with E-state index in [-0.39, 0.29) is 24.8 Å². The van der Waals surface area contributed by atoms with Gasteiger partial charge in [0, 0.05) is 16.1 Å². The number of carbonyl (C=O) groups excluding carboxylic acids is 2. The summed E-state index contributed by atoms with van der Waals surface area (Å²) >= 11 is 3.41. The van der Waals surface area contributed by atoms with Gasteiger partial charge in [0.2, 0.25) is 5.78 Å². The van der Waals surface area contributed by atoms with Crippen molar-refractivity contribution in [1.82, 2.24) is 0 Å². The quantitative estimate of drug-likeness (QED) is 0.345. The van der Waals surface area contributed by atoms with Crippen LogP contribution in [-0.2, 0) is 9.53 Å². The highest BCUT2D eigenvalue weighted by atomic mass is 79.9. The largest absolute Gasteiger partial charge is 0.496 e. The molecule has 3 rings (SSSR count). The summed E-state index contributed by atoms with van der Waals surface area (Å²) in [5, 5.41) is 0. The van der Waals surface area contributed by atoms with Crippen molar-refractivity contribution in [2.75, 3.05) is 20.3 Å². The zero-order chi connectivity index (χ0) is 21.0. The smallest absolute Gasteiger partial charge is 0.344 e. The van der Waals surface area contributed by atoms with Crippen LogP contribution in [0.15, 0.2) is 53.2 Å². The van der Waals surface area contributed by atoms with E-state index in [4.69, 9.17) is 18.9 Å². The third kappa shape index (κ3) is 4.68. The molecule has 0 amide bonds. The average Bonchev–Trinajstić information content (AvgIpc) is 3.00. The number of aryl methyl sites for hydroxylation is 1. The molecule has 0 spiro atoms. The van der Waals surface area contributed by atoms with Crippen molar-refractivity contribution in [3.63, 3.8) is 0 Å². The van der Waals surface area contributed by atoms with E-state index in [1.807, 2.05) is 12.1 Å². The lowest BCUT2D eigenvalue weighted by Crippen LogP contribution is -2.14. The third-order valence-corrected chi connectivity index (χ3v) is 4.63. The van der Waals surface area contributed by atoms with Crippen LogP contribution < -0.4 is 14.2 Å². The Bertz CT molecular complexity index is 1010. The third-order valence-electron chi connectivity index (χ3n) is 4.14. The Morgan fingerprint density at radius 2 is 2.07 bits per heavy atom. The first-order chi connectivity index (χ1) is 13.9. The van der Waals surface area contributed by atoms with Crippen LogP contribution in [-0.4, -0.2) is 32.1 Å². The van der Waals surface area contributed by atoms with Gasteiger partial charge in [0.05, 0.1) is 12.7 Å². The second-order valence-corrected chi connectivity index (χ2v) is 7.12. The van der Waals surface area contributed by atoms with Crippen molar-refractivity contribution in [3.05, 3.63) is 69.9 Å². The normalized spacial score (nSPS) is 13.6. The van der Waals surface area contributed by atoms with Crippen molar-refractivity contribution in [2.45, 2.75) is 6.92 Å². The van der Waals surface area contributed by atoms with E-state index >= 15 is 0 Å². The zero-order valence-electron chi connectivity index (χ0n) is 16.0. The predicted octanol–water partition coefficient (Wildman–Crippen LogP) is 4.49. The van der Waals surface area contributed by atoms with Crippen LogP contribution in [0.5, 0.6) is 17.2 Å². The molecule has 29 heavy (non-hydrogen) atoms. The summed E-state index contributed by atoms with van der Waals surface area (Å²) in [7, 11) is 1.56. The summed E-state index contributed by atoms with van der Waals surface area (Å²) in [5.74, 6) is 0.850. The Kier molecular flexibility index (Phi) is 6.39. The summed E-state index contributed by atoms with van der Waals surface area (Å²) in [6.07, 6.45) is 3.11. The lowest BCUT2D eigenvalue weighted by atomic mass is 10.0. The highest BCUT2D eigenvalue weighted by Gasteiger charge is 2.30. The number of fused-ring (bicyclic) bond motifs is 1. The number of ether oxygens (including phenoxy) is 4. The van der Waals surface area contributed by atoms with E-state index in [9.17, 15) is 9.59 Å². The van der Waals surface area contributed by atoms with Crippen molar-refractivity contribution in [1.29, 1.82) is 0 Å². The van der Waals surface area contributed by atoms with E-state index in [0.717, 1.165) is 4.47 Å². The minimum atomic E-state index is -0.512. The molecule has 1 aliphatic heterocycles. The number of halogens is 1. The minimum Gasteiger partial charge on any atom is -0.496 e. The molecule has 0 radical (unpaired) electrons. The maximum absolute atomic E-state index is 12.8. The van der Waals surface area contributed by atoms with Gasteiger partial charge in [-0.15, -0.1) is 0 Å². The first-order valence-corrected chi connectivity index (χ1v) is 9.54. The van der Waals surface area contributed by atoms with Crippen LogP contribution >= 0.6 is 15.9 Å². The van der Waals surface area contributed by atoms with Crippen LogP contribution in [0.3, 0.4) is 0 Å². The Hall–Kier alpha value is -3.06. The van der Waals surface area contributed by atoms with Crippen LogP contribution in [0.4, 0.5) is 0 Å². The molecule has 0 fully saturated rings. The summed E-state index contributed by atoms with van der Waals surface area (Å²) in [6, 6.07) is 8.75. The Balaban J connectivity index is 1.83. The molecule has 0 aromatic heterocycles. The molecule has 2 aromatic carbocycles. The number of esters is 1. The van der Waals surface area contributed by atoms with Crippen LogP contribution in [0, 0.1) is 6.92 Å². The van der Waals surface area contributed by atoms with Crippen molar-refractivity contribution >= 4 is 33.8 Å². The van der Waals surface area contributed by atoms with Crippen LogP contribution in [0.1, 0.15) is 21.5 Å². The number of carbonyl (C=O) groups is 2. The van der Waals surface area contributed by atoms with E-state index < -0.39 is 5.97 Å². The molecule has 0 saturated heterocycles. The van der Waals surface area contributed by atoms with Gasteiger partial charge >= 0.3 is 5.97 Å². The summed E-state index contributed by atoms with van der Waals surface area (Å²) in [6.45, 7) is 5.13. The first kappa shape index (κ1) is 20.7. The molecule has 0 atom stereocenters. The van der Waals surface area contributed by atoms with E-state index in [2.05, 4.69) is 22.5 Å². The Morgan fingerprint density at radius 3 is 2.79 bits per heavy atom. The molecule has 0 aliphatic carbocycles. The van der Waals surface area contributed by atoms with Crippen LogP contribution in [0.2, 0.25) is 0 Å². The maximum atomic E-state index is 12.8.